The van der Waals surface area contributed by atoms with Crippen LogP contribution in [-0.2, 0) is 22.6 Å². The van der Waals surface area contributed by atoms with Crippen LogP contribution in [0.3, 0.4) is 0 Å². The van der Waals surface area contributed by atoms with E-state index >= 15 is 0 Å². The van der Waals surface area contributed by atoms with Crippen LogP contribution in [0, 0.1) is 0 Å². The summed E-state index contributed by atoms with van der Waals surface area (Å²) in [5.74, 6) is 0.198. The zero-order chi connectivity index (χ0) is 9.68. The van der Waals surface area contributed by atoms with Gasteiger partial charge in [-0.15, -0.1) is 0 Å². The van der Waals surface area contributed by atoms with Gasteiger partial charge in [-0.3, -0.25) is 4.79 Å². The van der Waals surface area contributed by atoms with Crippen molar-refractivity contribution >= 4 is 5.97 Å². The van der Waals surface area contributed by atoms with Gasteiger partial charge in [-0.25, -0.2) is 0 Å². The fraction of sp³-hybridized carbons (Fsp3) is 0.444. The predicted octanol–water partition coefficient (Wildman–Crippen LogP) is 0.878. The highest BCUT2D eigenvalue weighted by molar-refractivity contribution is 5.71. The number of hydrogen-bond donors (Lipinski definition) is 1. The van der Waals surface area contributed by atoms with Gasteiger partial charge >= 0.3 is 5.97 Å². The molecule has 0 radical (unpaired) electrons. The molecule has 1 N–H and O–H groups in total. The highest BCUT2D eigenvalue weighted by atomic mass is 16.5. The van der Waals surface area contributed by atoms with E-state index in [1.54, 1.807) is 13.0 Å². The number of aliphatic hydroxyl groups is 1. The molecule has 0 bridgehead atoms. The second-order valence-electron chi connectivity index (χ2n) is 2.56. The smallest absolute Gasteiger partial charge is 0.313 e. The van der Waals surface area contributed by atoms with Crippen molar-refractivity contribution < 1.29 is 19.1 Å². The molecule has 1 aromatic rings. The molecule has 0 amide bonds. The highest BCUT2D eigenvalue weighted by Gasteiger charge is 2.07. The molecule has 0 aliphatic heterocycles. The van der Waals surface area contributed by atoms with Crippen LogP contribution in [0.25, 0.3) is 0 Å². The summed E-state index contributed by atoms with van der Waals surface area (Å²) >= 11 is 0. The van der Waals surface area contributed by atoms with Gasteiger partial charge in [-0.05, 0) is 13.0 Å². The summed E-state index contributed by atoms with van der Waals surface area (Å²) in [6, 6.07) is 1.64. The lowest BCUT2D eigenvalue weighted by atomic mass is 10.3. The molecule has 0 aliphatic rings. The molecule has 1 rings (SSSR count). The van der Waals surface area contributed by atoms with Crippen LogP contribution >= 0.6 is 0 Å². The number of carbonyl (C=O) groups excluding carboxylic acids is 1. The molecule has 1 heterocycles. The van der Waals surface area contributed by atoms with Crippen molar-refractivity contribution in [2.24, 2.45) is 0 Å². The minimum absolute atomic E-state index is 0.0771. The summed E-state index contributed by atoms with van der Waals surface area (Å²) in [4.78, 5) is 11.0. The van der Waals surface area contributed by atoms with Crippen molar-refractivity contribution in [3.63, 3.8) is 0 Å². The summed E-state index contributed by atoms with van der Waals surface area (Å²) < 4.78 is 9.74. The average molecular weight is 184 g/mol. The standard InChI is InChI=1S/C9H12O4/c1-2-12-9(11)4-8-3-7(5-10)6-13-8/h3,6,10H,2,4-5H2,1H3. The fourth-order valence-electron chi connectivity index (χ4n) is 0.956. The van der Waals surface area contributed by atoms with Crippen molar-refractivity contribution in [3.05, 3.63) is 23.7 Å². The van der Waals surface area contributed by atoms with E-state index in [0.29, 0.717) is 17.9 Å². The van der Waals surface area contributed by atoms with E-state index in [9.17, 15) is 4.79 Å². The van der Waals surface area contributed by atoms with E-state index in [1.165, 1.54) is 6.26 Å². The van der Waals surface area contributed by atoms with Crippen molar-refractivity contribution in [1.82, 2.24) is 0 Å². The molecule has 13 heavy (non-hydrogen) atoms. The topological polar surface area (TPSA) is 59.7 Å². The SMILES string of the molecule is CCOC(=O)Cc1cc(CO)co1. The molecular weight excluding hydrogens is 172 g/mol. The quantitative estimate of drug-likeness (QED) is 0.705. The van der Waals surface area contributed by atoms with E-state index in [4.69, 9.17) is 14.3 Å². The minimum Gasteiger partial charge on any atom is -0.468 e. The van der Waals surface area contributed by atoms with Gasteiger partial charge in [0.2, 0.25) is 0 Å². The Kier molecular flexibility index (Phi) is 3.52. The Morgan fingerprint density at radius 3 is 3.00 bits per heavy atom. The fourth-order valence-corrected chi connectivity index (χ4v) is 0.956. The molecule has 0 fully saturated rings. The first kappa shape index (κ1) is 9.80. The number of esters is 1. The van der Waals surface area contributed by atoms with Crippen LogP contribution in [-0.4, -0.2) is 17.7 Å². The molecule has 1 aromatic heterocycles. The van der Waals surface area contributed by atoms with E-state index in [1.807, 2.05) is 0 Å². The van der Waals surface area contributed by atoms with Crippen LogP contribution in [0.5, 0.6) is 0 Å². The van der Waals surface area contributed by atoms with Gasteiger partial charge in [0.25, 0.3) is 0 Å². The molecule has 4 nitrogen and oxygen atoms in total. The summed E-state index contributed by atoms with van der Waals surface area (Å²) in [6.07, 6.45) is 1.54. The van der Waals surface area contributed by atoms with Crippen molar-refractivity contribution in [2.75, 3.05) is 6.61 Å². The van der Waals surface area contributed by atoms with Crippen LogP contribution in [0.1, 0.15) is 18.2 Å². The van der Waals surface area contributed by atoms with E-state index in [-0.39, 0.29) is 19.0 Å². The Hall–Kier alpha value is -1.29. The zero-order valence-corrected chi connectivity index (χ0v) is 7.45. The summed E-state index contributed by atoms with van der Waals surface area (Å²) in [6.45, 7) is 2.04. The monoisotopic (exact) mass is 184 g/mol. The molecule has 0 aliphatic carbocycles. The second kappa shape index (κ2) is 4.67. The van der Waals surface area contributed by atoms with E-state index in [0.717, 1.165) is 0 Å². The number of aliphatic hydroxyl groups excluding tert-OH is 1. The average Bonchev–Trinajstić information content (AvgIpc) is 2.52. The van der Waals surface area contributed by atoms with Gasteiger partial charge in [0.1, 0.15) is 12.2 Å². The van der Waals surface area contributed by atoms with E-state index in [2.05, 4.69) is 0 Å². The molecule has 0 atom stereocenters. The molecular formula is C9H12O4. The van der Waals surface area contributed by atoms with Crippen molar-refractivity contribution in [1.29, 1.82) is 0 Å². The zero-order valence-electron chi connectivity index (χ0n) is 7.45. The van der Waals surface area contributed by atoms with Gasteiger partial charge in [-0.2, -0.15) is 0 Å². The summed E-state index contributed by atoms with van der Waals surface area (Å²) in [5.41, 5.74) is 0.666. The largest absolute Gasteiger partial charge is 0.468 e. The Labute approximate surface area is 76.1 Å². The number of hydrogen-bond acceptors (Lipinski definition) is 4. The molecule has 0 spiro atoms. The van der Waals surface area contributed by atoms with Crippen LogP contribution in [0.15, 0.2) is 16.7 Å². The van der Waals surface area contributed by atoms with Crippen LogP contribution in [0.4, 0.5) is 0 Å². The van der Waals surface area contributed by atoms with Gasteiger partial charge in [0.05, 0.1) is 19.5 Å². The number of carbonyl (C=O) groups is 1. The van der Waals surface area contributed by atoms with Gasteiger partial charge in [0, 0.05) is 5.56 Å². The van der Waals surface area contributed by atoms with Gasteiger partial charge in [0.15, 0.2) is 0 Å². The Balaban J connectivity index is 2.49. The lowest BCUT2D eigenvalue weighted by molar-refractivity contribution is -0.142. The second-order valence-corrected chi connectivity index (χ2v) is 2.56. The Bertz CT molecular complexity index is 277. The third-order valence-corrected chi connectivity index (χ3v) is 1.51. The maximum absolute atomic E-state index is 11.0. The van der Waals surface area contributed by atoms with Crippen molar-refractivity contribution in [3.8, 4) is 0 Å². The molecule has 0 unspecified atom stereocenters. The predicted molar refractivity (Wildman–Crippen MR) is 45.0 cm³/mol. The lowest BCUT2D eigenvalue weighted by Crippen LogP contribution is -2.06. The Morgan fingerprint density at radius 2 is 2.46 bits per heavy atom. The third-order valence-electron chi connectivity index (χ3n) is 1.51. The van der Waals surface area contributed by atoms with Gasteiger partial charge in [-0.1, -0.05) is 0 Å². The Morgan fingerprint density at radius 1 is 1.69 bits per heavy atom. The third kappa shape index (κ3) is 2.91. The van der Waals surface area contributed by atoms with Crippen LogP contribution < -0.4 is 0 Å². The molecule has 4 heteroatoms. The van der Waals surface area contributed by atoms with E-state index < -0.39 is 0 Å². The molecule has 0 aromatic carbocycles. The first-order valence-electron chi connectivity index (χ1n) is 4.09. The van der Waals surface area contributed by atoms with Crippen LogP contribution in [0.2, 0.25) is 0 Å². The molecule has 72 valence electrons. The molecule has 0 saturated carbocycles. The lowest BCUT2D eigenvalue weighted by Gasteiger charge is -1.97. The molecule has 0 saturated heterocycles. The maximum atomic E-state index is 11.0. The normalized spacial score (nSPS) is 10.0. The number of rotatable bonds is 4. The minimum atomic E-state index is -0.318. The maximum Gasteiger partial charge on any atom is 0.313 e. The van der Waals surface area contributed by atoms with Gasteiger partial charge < -0.3 is 14.3 Å². The first-order valence-corrected chi connectivity index (χ1v) is 4.09. The van der Waals surface area contributed by atoms with Crippen molar-refractivity contribution in [2.45, 2.75) is 20.0 Å². The number of ether oxygens (including phenoxy) is 1. The summed E-state index contributed by atoms with van der Waals surface area (Å²) in [5, 5.41) is 8.71. The number of furan rings is 1. The summed E-state index contributed by atoms with van der Waals surface area (Å²) in [7, 11) is 0. The highest BCUT2D eigenvalue weighted by Crippen LogP contribution is 2.08. The first-order chi connectivity index (χ1) is 6.26.